The molecule has 1 saturated carbocycles. The Labute approximate surface area is 202 Å². The summed E-state index contributed by atoms with van der Waals surface area (Å²) in [5, 5.41) is 3.22. The van der Waals surface area contributed by atoms with Gasteiger partial charge < -0.3 is 19.5 Å². The molecule has 2 aromatic rings. The maximum absolute atomic E-state index is 13.6. The molecule has 1 N–H and O–H groups in total. The molecule has 2 aromatic carbocycles. The van der Waals surface area contributed by atoms with E-state index in [4.69, 9.17) is 14.2 Å². The average Bonchev–Trinajstić information content (AvgIpc) is 2.88. The van der Waals surface area contributed by atoms with Crippen LogP contribution in [-0.4, -0.2) is 56.7 Å². The molecule has 0 aliphatic heterocycles. The number of nitrogens with zero attached hydrogens (tertiary/aromatic N) is 1. The summed E-state index contributed by atoms with van der Waals surface area (Å²) in [7, 11) is 5.00. The van der Waals surface area contributed by atoms with Crippen LogP contribution in [0.1, 0.15) is 61.0 Å². The quantitative estimate of drug-likeness (QED) is 0.522. The van der Waals surface area contributed by atoms with E-state index < -0.39 is 5.54 Å². The Balaban J connectivity index is 1.64. The molecule has 1 aliphatic carbocycles. The van der Waals surface area contributed by atoms with Gasteiger partial charge in [0, 0.05) is 12.6 Å². The third-order valence-corrected chi connectivity index (χ3v) is 6.75. The van der Waals surface area contributed by atoms with Crippen molar-refractivity contribution in [2.45, 2.75) is 50.6 Å². The van der Waals surface area contributed by atoms with Gasteiger partial charge in [-0.2, -0.15) is 0 Å². The smallest absolute Gasteiger partial charge is 0.337 e. The number of rotatable bonds is 10. The zero-order valence-corrected chi connectivity index (χ0v) is 20.6. The predicted octanol–water partition coefficient (Wildman–Crippen LogP) is 4.37. The van der Waals surface area contributed by atoms with Gasteiger partial charge in [0.1, 0.15) is 23.6 Å². The van der Waals surface area contributed by atoms with Crippen molar-refractivity contribution in [3.8, 4) is 11.5 Å². The predicted molar refractivity (Wildman–Crippen MR) is 131 cm³/mol. The number of hydrogen-bond donors (Lipinski definition) is 1. The fourth-order valence-electron chi connectivity index (χ4n) is 4.56. The first-order valence-electron chi connectivity index (χ1n) is 11.9. The number of carbonyl (C=O) groups excluding carboxylic acids is 2. The van der Waals surface area contributed by atoms with Crippen molar-refractivity contribution in [3.63, 3.8) is 0 Å². The van der Waals surface area contributed by atoms with Crippen LogP contribution in [0.25, 0.3) is 0 Å². The molecule has 0 saturated heterocycles. The van der Waals surface area contributed by atoms with Gasteiger partial charge in [0.15, 0.2) is 0 Å². The minimum atomic E-state index is -0.559. The number of likely N-dealkylation sites (N-methyl/N-ethyl adjacent to an activating group) is 1. The molecule has 7 nitrogen and oxygen atoms in total. The molecule has 1 atom stereocenters. The summed E-state index contributed by atoms with van der Waals surface area (Å²) in [6, 6.07) is 14.5. The van der Waals surface area contributed by atoms with Gasteiger partial charge in [-0.15, -0.1) is 0 Å². The summed E-state index contributed by atoms with van der Waals surface area (Å²) >= 11 is 0. The monoisotopic (exact) mass is 468 g/mol. The summed E-state index contributed by atoms with van der Waals surface area (Å²) in [6.07, 6.45) is 4.84. The summed E-state index contributed by atoms with van der Waals surface area (Å²) in [6.45, 7) is 3.07. The van der Waals surface area contributed by atoms with E-state index in [-0.39, 0.29) is 17.9 Å². The Morgan fingerprint density at radius 3 is 2.35 bits per heavy atom. The fraction of sp³-hybridized carbons (Fsp3) is 0.481. The standard InChI is InChI=1S/C27H36N2O5/c1-20(21-11-13-22(14-12-21)25(30)33-4)28-26(31)27(15-6-5-7-16-27)29(2)17-18-34-24-10-8-9-23(19-24)32-3/h8-14,19-20H,5-7,15-18H2,1-4H3,(H,28,31)/t20-/m0/s1. The Bertz CT molecular complexity index is 954. The lowest BCUT2D eigenvalue weighted by Gasteiger charge is -2.43. The van der Waals surface area contributed by atoms with Gasteiger partial charge in [-0.3, -0.25) is 9.69 Å². The second kappa shape index (κ2) is 11.9. The number of amides is 1. The van der Waals surface area contributed by atoms with Crippen LogP contribution >= 0.6 is 0 Å². The van der Waals surface area contributed by atoms with Crippen molar-refractivity contribution in [2.75, 3.05) is 34.4 Å². The van der Waals surface area contributed by atoms with Crippen molar-refractivity contribution in [2.24, 2.45) is 0 Å². The van der Waals surface area contributed by atoms with Gasteiger partial charge in [0.25, 0.3) is 0 Å². The highest BCUT2D eigenvalue weighted by molar-refractivity contribution is 5.89. The maximum Gasteiger partial charge on any atom is 0.337 e. The second-order valence-corrected chi connectivity index (χ2v) is 8.85. The minimum absolute atomic E-state index is 0.0422. The lowest BCUT2D eigenvalue weighted by molar-refractivity contribution is -0.136. The fourth-order valence-corrected chi connectivity index (χ4v) is 4.56. The zero-order valence-electron chi connectivity index (χ0n) is 20.6. The van der Waals surface area contributed by atoms with E-state index in [0.717, 1.165) is 49.2 Å². The molecule has 184 valence electrons. The first-order chi connectivity index (χ1) is 16.4. The first kappa shape index (κ1) is 25.6. The van der Waals surface area contributed by atoms with Gasteiger partial charge in [0.2, 0.25) is 5.91 Å². The largest absolute Gasteiger partial charge is 0.497 e. The summed E-state index contributed by atoms with van der Waals surface area (Å²) in [4.78, 5) is 27.4. The van der Waals surface area contributed by atoms with Gasteiger partial charge >= 0.3 is 5.97 Å². The second-order valence-electron chi connectivity index (χ2n) is 8.85. The number of esters is 1. The van der Waals surface area contributed by atoms with Crippen LogP contribution in [0.15, 0.2) is 48.5 Å². The molecular weight excluding hydrogens is 432 g/mol. The lowest BCUT2D eigenvalue weighted by Crippen LogP contribution is -2.59. The van der Waals surface area contributed by atoms with E-state index in [0.29, 0.717) is 18.7 Å². The number of benzene rings is 2. The third kappa shape index (κ3) is 6.08. The van der Waals surface area contributed by atoms with Crippen molar-refractivity contribution in [1.82, 2.24) is 10.2 Å². The highest BCUT2D eigenvalue weighted by Crippen LogP contribution is 2.34. The van der Waals surface area contributed by atoms with E-state index in [1.54, 1.807) is 19.2 Å². The Morgan fingerprint density at radius 1 is 1.03 bits per heavy atom. The number of hydrogen-bond acceptors (Lipinski definition) is 6. The first-order valence-corrected chi connectivity index (χ1v) is 11.9. The van der Waals surface area contributed by atoms with Crippen molar-refractivity contribution in [1.29, 1.82) is 0 Å². The van der Waals surface area contributed by atoms with E-state index in [1.165, 1.54) is 7.11 Å². The molecule has 0 heterocycles. The van der Waals surface area contributed by atoms with Crippen LogP contribution in [0.2, 0.25) is 0 Å². The average molecular weight is 469 g/mol. The summed E-state index contributed by atoms with van der Waals surface area (Å²) in [5.41, 5.74) is 0.871. The molecule has 0 radical (unpaired) electrons. The van der Waals surface area contributed by atoms with Crippen LogP contribution in [0.5, 0.6) is 11.5 Å². The maximum atomic E-state index is 13.6. The number of ether oxygens (including phenoxy) is 3. The molecule has 3 rings (SSSR count). The van der Waals surface area contributed by atoms with Gasteiger partial charge in [0.05, 0.1) is 25.8 Å². The Kier molecular flexibility index (Phi) is 8.93. The van der Waals surface area contributed by atoms with Crippen LogP contribution < -0.4 is 14.8 Å². The molecule has 0 aromatic heterocycles. The topological polar surface area (TPSA) is 77.1 Å². The van der Waals surface area contributed by atoms with Crippen LogP contribution in [-0.2, 0) is 9.53 Å². The molecule has 1 amide bonds. The highest BCUT2D eigenvalue weighted by atomic mass is 16.5. The molecule has 1 fully saturated rings. The van der Waals surface area contributed by atoms with E-state index in [9.17, 15) is 9.59 Å². The van der Waals surface area contributed by atoms with Gasteiger partial charge in [-0.05, 0) is 56.6 Å². The molecule has 34 heavy (non-hydrogen) atoms. The minimum Gasteiger partial charge on any atom is -0.497 e. The molecule has 0 spiro atoms. The van der Waals surface area contributed by atoms with Crippen molar-refractivity contribution < 1.29 is 23.8 Å². The van der Waals surface area contributed by atoms with E-state index in [2.05, 4.69) is 10.2 Å². The highest BCUT2D eigenvalue weighted by Gasteiger charge is 2.43. The number of nitrogens with one attached hydrogen (secondary N) is 1. The normalized spacial score (nSPS) is 15.9. The van der Waals surface area contributed by atoms with Crippen molar-refractivity contribution in [3.05, 3.63) is 59.7 Å². The van der Waals surface area contributed by atoms with E-state index in [1.807, 2.05) is 50.4 Å². The number of methoxy groups -OCH3 is 2. The molecule has 0 unspecified atom stereocenters. The van der Waals surface area contributed by atoms with Gasteiger partial charge in [-0.1, -0.05) is 37.5 Å². The molecule has 0 bridgehead atoms. The molecular formula is C27H36N2O5. The summed E-state index contributed by atoms with van der Waals surface area (Å²) in [5.74, 6) is 1.17. The Morgan fingerprint density at radius 2 is 1.71 bits per heavy atom. The van der Waals surface area contributed by atoms with Crippen molar-refractivity contribution >= 4 is 11.9 Å². The molecule has 7 heteroatoms. The van der Waals surface area contributed by atoms with E-state index >= 15 is 0 Å². The Hall–Kier alpha value is -3.06. The van der Waals surface area contributed by atoms with Gasteiger partial charge in [-0.25, -0.2) is 4.79 Å². The van der Waals surface area contributed by atoms with Crippen LogP contribution in [0.3, 0.4) is 0 Å². The third-order valence-electron chi connectivity index (χ3n) is 6.75. The lowest BCUT2D eigenvalue weighted by atomic mass is 9.79. The SMILES string of the molecule is COC(=O)c1ccc([C@H](C)NC(=O)C2(N(C)CCOc3cccc(OC)c3)CCCCC2)cc1. The van der Waals surface area contributed by atoms with Crippen LogP contribution in [0.4, 0.5) is 0 Å². The van der Waals surface area contributed by atoms with Crippen LogP contribution in [0, 0.1) is 0 Å². The number of carbonyl (C=O) groups is 2. The molecule has 1 aliphatic rings. The summed E-state index contributed by atoms with van der Waals surface area (Å²) < 4.78 is 16.0. The zero-order chi connectivity index (χ0) is 24.6.